The third kappa shape index (κ3) is 5.19. The van der Waals surface area contributed by atoms with Crippen molar-refractivity contribution in [2.75, 3.05) is 13.2 Å². The predicted octanol–water partition coefficient (Wildman–Crippen LogP) is 4.22. The molecule has 0 radical (unpaired) electrons. The molecule has 0 aliphatic carbocycles. The summed E-state index contributed by atoms with van der Waals surface area (Å²) in [5, 5.41) is 0. The third-order valence-electron chi connectivity index (χ3n) is 5.57. The number of hydrogen-bond donors (Lipinski definition) is 0. The summed E-state index contributed by atoms with van der Waals surface area (Å²) in [6.07, 6.45) is 3.34. The zero-order chi connectivity index (χ0) is 24.0. The average molecular weight is 448 g/mol. The van der Waals surface area contributed by atoms with E-state index in [1.54, 1.807) is 61.1 Å². The van der Waals surface area contributed by atoms with Gasteiger partial charge in [-0.15, -0.1) is 0 Å². The van der Waals surface area contributed by atoms with Crippen LogP contribution in [-0.2, 0) is 17.8 Å². The van der Waals surface area contributed by atoms with Crippen LogP contribution < -0.4 is 0 Å². The molecule has 3 aromatic rings. The van der Waals surface area contributed by atoms with E-state index in [-0.39, 0.29) is 31.4 Å². The fourth-order valence-corrected chi connectivity index (χ4v) is 4.09. The maximum Gasteiger partial charge on any atom is 0.355 e. The van der Waals surface area contributed by atoms with Gasteiger partial charge in [-0.25, -0.2) is 4.79 Å². The van der Waals surface area contributed by atoms with E-state index < -0.39 is 5.97 Å². The van der Waals surface area contributed by atoms with Gasteiger partial charge in [-0.1, -0.05) is 24.3 Å². The van der Waals surface area contributed by atoms with Gasteiger partial charge in [-0.3, -0.25) is 14.6 Å². The molecule has 0 aliphatic heterocycles. The van der Waals surface area contributed by atoms with Gasteiger partial charge in [0.2, 0.25) is 0 Å². The maximum absolute atomic E-state index is 13.5. The Labute approximate surface area is 194 Å². The molecule has 7 nitrogen and oxygen atoms in total. The molecular weight excluding hydrogens is 418 g/mol. The second-order valence-corrected chi connectivity index (χ2v) is 7.71. The number of nitrogens with zero attached hydrogens (tertiary/aromatic N) is 3. The summed E-state index contributed by atoms with van der Waals surface area (Å²) in [7, 11) is 0. The summed E-state index contributed by atoms with van der Waals surface area (Å²) in [6.45, 7) is 8.12. The molecule has 0 unspecified atom stereocenters. The topological polar surface area (TPSA) is 81.5 Å². The van der Waals surface area contributed by atoms with Crippen molar-refractivity contribution in [1.29, 1.82) is 0 Å². The van der Waals surface area contributed by atoms with Crippen LogP contribution in [0.2, 0.25) is 0 Å². The fraction of sp³-hybridized carbons (Fsp3) is 0.308. The van der Waals surface area contributed by atoms with Crippen LogP contribution in [0.25, 0.3) is 0 Å². The second kappa shape index (κ2) is 10.7. The summed E-state index contributed by atoms with van der Waals surface area (Å²) in [5.74, 6) is -0.925. The standard InChI is InChI=1S/C26H29N3O4/c1-5-29-19(4)23(18(3)24(29)26(32)33-6-2)22(30)17-28(16-20-11-10-14-27-15-20)25(31)21-12-8-7-9-13-21/h7-15H,5-6,16-17H2,1-4H3. The molecule has 7 heteroatoms. The minimum Gasteiger partial charge on any atom is -0.461 e. The first-order valence-electron chi connectivity index (χ1n) is 11.0. The van der Waals surface area contributed by atoms with Crippen molar-refractivity contribution in [1.82, 2.24) is 14.5 Å². The number of ketones is 1. The molecule has 172 valence electrons. The SMILES string of the molecule is CCOC(=O)c1c(C)c(C(=O)CN(Cc2cccnc2)C(=O)c2ccccc2)c(C)n1CC. The number of carbonyl (C=O) groups is 3. The first-order valence-corrected chi connectivity index (χ1v) is 11.0. The third-order valence-corrected chi connectivity index (χ3v) is 5.57. The molecule has 0 atom stereocenters. The van der Waals surface area contributed by atoms with E-state index in [0.29, 0.717) is 34.6 Å². The fourth-order valence-electron chi connectivity index (χ4n) is 4.09. The van der Waals surface area contributed by atoms with Gasteiger partial charge in [-0.2, -0.15) is 0 Å². The molecular formula is C26H29N3O4. The van der Waals surface area contributed by atoms with Gasteiger partial charge in [0.1, 0.15) is 5.69 Å². The molecule has 1 amide bonds. The molecule has 0 saturated heterocycles. The molecule has 0 bridgehead atoms. The van der Waals surface area contributed by atoms with Crippen LogP contribution in [0.3, 0.4) is 0 Å². The first-order chi connectivity index (χ1) is 15.9. The number of hydrogen-bond acceptors (Lipinski definition) is 5. The van der Waals surface area contributed by atoms with Crippen molar-refractivity contribution in [3.63, 3.8) is 0 Å². The van der Waals surface area contributed by atoms with Gasteiger partial charge < -0.3 is 14.2 Å². The quantitative estimate of drug-likeness (QED) is 0.362. The van der Waals surface area contributed by atoms with E-state index in [1.165, 1.54) is 4.90 Å². The van der Waals surface area contributed by atoms with Gasteiger partial charge in [0.25, 0.3) is 5.91 Å². The largest absolute Gasteiger partial charge is 0.461 e. The number of amides is 1. The Morgan fingerprint density at radius 2 is 1.76 bits per heavy atom. The van der Waals surface area contributed by atoms with Crippen LogP contribution in [0.15, 0.2) is 54.9 Å². The summed E-state index contributed by atoms with van der Waals surface area (Å²) >= 11 is 0. The van der Waals surface area contributed by atoms with Crippen LogP contribution >= 0.6 is 0 Å². The van der Waals surface area contributed by atoms with Crippen molar-refractivity contribution in [3.8, 4) is 0 Å². The minimum absolute atomic E-state index is 0.125. The molecule has 2 aromatic heterocycles. The summed E-state index contributed by atoms with van der Waals surface area (Å²) in [6, 6.07) is 12.5. The Bertz CT molecular complexity index is 1140. The van der Waals surface area contributed by atoms with Gasteiger partial charge in [0.05, 0.1) is 13.2 Å². The van der Waals surface area contributed by atoms with E-state index in [0.717, 1.165) is 5.56 Å². The summed E-state index contributed by atoms with van der Waals surface area (Å²) in [4.78, 5) is 45.0. The highest BCUT2D eigenvalue weighted by atomic mass is 16.5. The van der Waals surface area contributed by atoms with Crippen molar-refractivity contribution < 1.29 is 19.1 Å². The van der Waals surface area contributed by atoms with Crippen molar-refractivity contribution in [3.05, 3.63) is 88.5 Å². The van der Waals surface area contributed by atoms with Gasteiger partial charge >= 0.3 is 5.97 Å². The molecule has 0 spiro atoms. The van der Waals surface area contributed by atoms with E-state index >= 15 is 0 Å². The van der Waals surface area contributed by atoms with Crippen molar-refractivity contribution in [2.45, 2.75) is 40.8 Å². The lowest BCUT2D eigenvalue weighted by Gasteiger charge is -2.22. The Morgan fingerprint density at radius 3 is 2.36 bits per heavy atom. The van der Waals surface area contributed by atoms with Crippen LogP contribution in [-0.4, -0.2) is 45.3 Å². The number of rotatable bonds is 9. The lowest BCUT2D eigenvalue weighted by molar-refractivity contribution is 0.0512. The lowest BCUT2D eigenvalue weighted by atomic mass is 10.0. The first kappa shape index (κ1) is 23.9. The zero-order valence-electron chi connectivity index (χ0n) is 19.5. The predicted molar refractivity (Wildman–Crippen MR) is 125 cm³/mol. The van der Waals surface area contributed by atoms with E-state index in [1.807, 2.05) is 26.0 Å². The Kier molecular flexibility index (Phi) is 7.77. The maximum atomic E-state index is 13.5. The summed E-state index contributed by atoms with van der Waals surface area (Å²) in [5.41, 5.74) is 3.43. The molecule has 0 N–H and O–H groups in total. The minimum atomic E-state index is -0.452. The molecule has 1 aromatic carbocycles. The molecule has 0 fully saturated rings. The van der Waals surface area contributed by atoms with E-state index in [4.69, 9.17) is 4.74 Å². The van der Waals surface area contributed by atoms with Crippen LogP contribution in [0.5, 0.6) is 0 Å². The average Bonchev–Trinajstić information content (AvgIpc) is 3.08. The van der Waals surface area contributed by atoms with Crippen LogP contribution in [0, 0.1) is 13.8 Å². The molecule has 3 rings (SSSR count). The second-order valence-electron chi connectivity index (χ2n) is 7.71. The highest BCUT2D eigenvalue weighted by molar-refractivity contribution is 6.06. The highest BCUT2D eigenvalue weighted by Gasteiger charge is 2.28. The number of benzene rings is 1. The molecule has 0 aliphatic rings. The van der Waals surface area contributed by atoms with Crippen LogP contribution in [0.1, 0.15) is 61.9 Å². The van der Waals surface area contributed by atoms with E-state index in [2.05, 4.69) is 4.98 Å². The van der Waals surface area contributed by atoms with Gasteiger partial charge in [-0.05, 0) is 57.0 Å². The normalized spacial score (nSPS) is 10.7. The highest BCUT2D eigenvalue weighted by Crippen LogP contribution is 2.24. The number of esters is 1. The summed E-state index contributed by atoms with van der Waals surface area (Å²) < 4.78 is 7.01. The van der Waals surface area contributed by atoms with Crippen LogP contribution in [0.4, 0.5) is 0 Å². The molecule has 33 heavy (non-hydrogen) atoms. The van der Waals surface area contributed by atoms with E-state index in [9.17, 15) is 14.4 Å². The number of carbonyl (C=O) groups excluding carboxylic acids is 3. The van der Waals surface area contributed by atoms with Crippen molar-refractivity contribution in [2.24, 2.45) is 0 Å². The molecule has 0 saturated carbocycles. The zero-order valence-corrected chi connectivity index (χ0v) is 19.5. The number of aromatic nitrogens is 2. The smallest absolute Gasteiger partial charge is 0.355 e. The van der Waals surface area contributed by atoms with Crippen molar-refractivity contribution >= 4 is 17.7 Å². The Morgan fingerprint density at radius 1 is 1.03 bits per heavy atom. The van der Waals surface area contributed by atoms with Gasteiger partial charge in [0.15, 0.2) is 5.78 Å². The number of ether oxygens (including phenoxy) is 1. The Hall–Kier alpha value is -3.74. The Balaban J connectivity index is 1.97. The molecule has 2 heterocycles. The number of pyridine rings is 1. The van der Waals surface area contributed by atoms with Gasteiger partial charge in [0, 0.05) is 42.3 Å². The lowest BCUT2D eigenvalue weighted by Crippen LogP contribution is -2.35. The monoisotopic (exact) mass is 447 g/mol. The number of Topliss-reactive ketones (excluding diaryl/α,β-unsaturated/α-hetero) is 1.